The molecule has 1 rings (SSSR count). The normalized spacial score (nSPS) is 8.00. The van der Waals surface area contributed by atoms with E-state index in [0.717, 1.165) is 0 Å². The highest BCUT2D eigenvalue weighted by atomic mass is 13.6. The van der Waals surface area contributed by atoms with Crippen molar-refractivity contribution in [3.8, 4) is 0 Å². The lowest BCUT2D eigenvalue weighted by Gasteiger charge is -1.69. The third-order valence-corrected chi connectivity index (χ3v) is 0.667. The molecule has 0 heteroatoms. The lowest BCUT2D eigenvalue weighted by Crippen LogP contribution is -1.47. The molecule has 32 valence electrons. The van der Waals surface area contributed by atoms with Crippen molar-refractivity contribution in [2.45, 2.75) is 0 Å². The molecule has 0 aliphatic rings. The number of hydrogen-bond donors (Lipinski definition) is 0. The van der Waals surface area contributed by atoms with E-state index in [2.05, 4.69) is 0 Å². The van der Waals surface area contributed by atoms with Gasteiger partial charge in [0, 0.05) is 1.43 Å². The van der Waals surface area contributed by atoms with E-state index in [0.29, 0.717) is 0 Å². The monoisotopic (exact) mass is 80.1 g/mol. The predicted molar refractivity (Wildman–Crippen MR) is 28.6 cm³/mol. The molecule has 0 atom stereocenters. The van der Waals surface area contributed by atoms with E-state index in [1.807, 2.05) is 36.4 Å². The Balaban J connectivity index is 0.000000360. The second kappa shape index (κ2) is 1.61. The minimum absolute atomic E-state index is 0. The maximum atomic E-state index is 2.00. The van der Waals surface area contributed by atoms with Gasteiger partial charge in [-0.25, -0.2) is 0 Å². The van der Waals surface area contributed by atoms with Crippen LogP contribution in [0.15, 0.2) is 36.4 Å². The summed E-state index contributed by atoms with van der Waals surface area (Å²) in [5.41, 5.74) is 0. The average molecular weight is 80.1 g/mol. The highest BCUT2D eigenvalue weighted by Gasteiger charge is 1.57. The SMILES string of the molecule is [HH].c1ccccc1. The van der Waals surface area contributed by atoms with Gasteiger partial charge in [0.2, 0.25) is 0 Å². The molecule has 0 unspecified atom stereocenters. The Kier molecular flexibility index (Phi) is 0.913. The fraction of sp³-hybridized carbons (Fsp3) is 0. The van der Waals surface area contributed by atoms with Crippen molar-refractivity contribution in [2.24, 2.45) is 0 Å². The van der Waals surface area contributed by atoms with Gasteiger partial charge in [0.15, 0.2) is 0 Å². The largest absolute Gasteiger partial charge is 0.0623 e. The minimum atomic E-state index is 0. The van der Waals surface area contributed by atoms with E-state index >= 15 is 0 Å². The van der Waals surface area contributed by atoms with Crippen LogP contribution in [0.25, 0.3) is 0 Å². The molecule has 0 N–H and O–H groups in total. The first kappa shape index (κ1) is 3.41. The van der Waals surface area contributed by atoms with Gasteiger partial charge in [0.25, 0.3) is 0 Å². The Hall–Kier alpha value is -0.780. The molecule has 0 radical (unpaired) electrons. The van der Waals surface area contributed by atoms with Gasteiger partial charge in [-0.3, -0.25) is 0 Å². The molecule has 0 aromatic heterocycles. The summed E-state index contributed by atoms with van der Waals surface area (Å²) in [6.07, 6.45) is 0. The number of rotatable bonds is 0. The van der Waals surface area contributed by atoms with Crippen molar-refractivity contribution in [3.63, 3.8) is 0 Å². The molecule has 1 aromatic carbocycles. The summed E-state index contributed by atoms with van der Waals surface area (Å²) in [5.74, 6) is 0. The predicted octanol–water partition coefficient (Wildman–Crippen LogP) is 1.93. The van der Waals surface area contributed by atoms with Crippen LogP contribution in [0.4, 0.5) is 0 Å². The van der Waals surface area contributed by atoms with Gasteiger partial charge < -0.3 is 0 Å². The summed E-state index contributed by atoms with van der Waals surface area (Å²) in [5, 5.41) is 0. The molecule has 0 fully saturated rings. The number of benzene rings is 1. The van der Waals surface area contributed by atoms with Crippen LogP contribution in [0.3, 0.4) is 0 Å². The summed E-state index contributed by atoms with van der Waals surface area (Å²) < 4.78 is 0. The number of hydrogen-bond acceptors (Lipinski definition) is 0. The molecule has 0 saturated carbocycles. The van der Waals surface area contributed by atoms with Gasteiger partial charge in [-0.05, 0) is 0 Å². The zero-order chi connectivity index (χ0) is 4.24. The highest BCUT2D eigenvalue weighted by Crippen LogP contribution is 1.79. The van der Waals surface area contributed by atoms with Crippen LogP contribution in [0.2, 0.25) is 0 Å². The quantitative estimate of drug-likeness (QED) is 0.446. The topological polar surface area (TPSA) is 0 Å². The van der Waals surface area contributed by atoms with Crippen molar-refractivity contribution in [1.29, 1.82) is 0 Å². The summed E-state index contributed by atoms with van der Waals surface area (Å²) in [7, 11) is 0. The Morgan fingerprint density at radius 2 is 0.667 bits per heavy atom. The average Bonchev–Trinajstić information content (AvgIpc) is 1.72. The van der Waals surface area contributed by atoms with Crippen molar-refractivity contribution < 1.29 is 1.43 Å². The lowest BCUT2D eigenvalue weighted by molar-refractivity contribution is 1.72. The molecular weight excluding hydrogens is 72.1 g/mol. The molecule has 0 saturated heterocycles. The fourth-order valence-corrected chi connectivity index (χ4v) is 0.385. The first-order chi connectivity index (χ1) is 3.00. The van der Waals surface area contributed by atoms with E-state index in [1.54, 1.807) is 0 Å². The van der Waals surface area contributed by atoms with E-state index in [-0.39, 0.29) is 1.43 Å². The van der Waals surface area contributed by atoms with Crippen molar-refractivity contribution in [3.05, 3.63) is 36.4 Å². The molecule has 0 aliphatic heterocycles. The summed E-state index contributed by atoms with van der Waals surface area (Å²) in [4.78, 5) is 0. The molecule has 0 nitrogen and oxygen atoms in total. The Labute approximate surface area is 38.9 Å². The third kappa shape index (κ3) is 0.582. The first-order valence-electron chi connectivity index (χ1n) is 2.00. The zero-order valence-corrected chi connectivity index (χ0v) is 3.46. The minimum Gasteiger partial charge on any atom is -0.0623 e. The maximum absolute atomic E-state index is 2.00. The van der Waals surface area contributed by atoms with Crippen LogP contribution < -0.4 is 0 Å². The molecule has 0 spiro atoms. The smallest absolute Gasteiger partial charge is 0 e. The van der Waals surface area contributed by atoms with E-state index in [4.69, 9.17) is 0 Å². The second-order valence-electron chi connectivity index (χ2n) is 1.15. The van der Waals surface area contributed by atoms with E-state index in [9.17, 15) is 0 Å². The van der Waals surface area contributed by atoms with E-state index < -0.39 is 0 Å². The van der Waals surface area contributed by atoms with Crippen molar-refractivity contribution >= 4 is 0 Å². The summed E-state index contributed by atoms with van der Waals surface area (Å²) >= 11 is 0. The zero-order valence-electron chi connectivity index (χ0n) is 3.46. The van der Waals surface area contributed by atoms with Crippen LogP contribution in [0, 0.1) is 0 Å². The molecule has 0 bridgehead atoms. The molecule has 1 aromatic rings. The molecular formula is C6H8. The van der Waals surface area contributed by atoms with Crippen LogP contribution in [-0.4, -0.2) is 0 Å². The van der Waals surface area contributed by atoms with Crippen molar-refractivity contribution in [1.82, 2.24) is 0 Å². The van der Waals surface area contributed by atoms with Gasteiger partial charge in [0.1, 0.15) is 0 Å². The molecule has 0 heterocycles. The lowest BCUT2D eigenvalue weighted by atomic mass is 10.4. The summed E-state index contributed by atoms with van der Waals surface area (Å²) in [6.45, 7) is 0. The van der Waals surface area contributed by atoms with Gasteiger partial charge in [-0.2, -0.15) is 0 Å². The van der Waals surface area contributed by atoms with Crippen LogP contribution in [0.1, 0.15) is 1.43 Å². The highest BCUT2D eigenvalue weighted by molar-refractivity contribution is 4.99. The van der Waals surface area contributed by atoms with Crippen LogP contribution >= 0.6 is 0 Å². The summed E-state index contributed by atoms with van der Waals surface area (Å²) in [6, 6.07) is 12.0. The first-order valence-corrected chi connectivity index (χ1v) is 2.00. The second-order valence-corrected chi connectivity index (χ2v) is 1.15. The third-order valence-electron chi connectivity index (χ3n) is 0.667. The molecule has 0 aliphatic carbocycles. The van der Waals surface area contributed by atoms with Crippen molar-refractivity contribution in [2.75, 3.05) is 0 Å². The molecule has 6 heavy (non-hydrogen) atoms. The van der Waals surface area contributed by atoms with Gasteiger partial charge in [-0.15, -0.1) is 0 Å². The Bertz CT molecular complexity index is 76.1. The Morgan fingerprint density at radius 3 is 0.833 bits per heavy atom. The van der Waals surface area contributed by atoms with Gasteiger partial charge in [-0.1, -0.05) is 36.4 Å². The van der Waals surface area contributed by atoms with Crippen LogP contribution in [-0.2, 0) is 0 Å². The van der Waals surface area contributed by atoms with Gasteiger partial charge in [0.05, 0.1) is 0 Å². The fourth-order valence-electron chi connectivity index (χ4n) is 0.385. The van der Waals surface area contributed by atoms with E-state index in [1.165, 1.54) is 0 Å². The van der Waals surface area contributed by atoms with Gasteiger partial charge >= 0.3 is 0 Å². The standard InChI is InChI=1S/C6H6.H2/c1-2-4-6-5-3-1;/h1-6H;1H. The van der Waals surface area contributed by atoms with Crippen LogP contribution in [0.5, 0.6) is 0 Å². The maximum Gasteiger partial charge on any atom is 0 e. The molecule has 0 amide bonds. The Morgan fingerprint density at radius 1 is 0.500 bits per heavy atom.